The molecule has 0 spiro atoms. The van der Waals surface area contributed by atoms with Crippen LogP contribution in [0.25, 0.3) is 0 Å². The predicted molar refractivity (Wildman–Crippen MR) is 107 cm³/mol. The molecule has 7 nitrogen and oxygen atoms in total. The Morgan fingerprint density at radius 2 is 1.74 bits per heavy atom. The topological polar surface area (TPSA) is 84.0 Å². The zero-order valence-electron chi connectivity index (χ0n) is 15.9. The minimum Gasteiger partial charge on any atom is -0.492 e. The van der Waals surface area contributed by atoms with Gasteiger partial charge in [0.15, 0.2) is 5.96 Å². The average Bonchev–Trinajstić information content (AvgIpc) is 2.69. The molecule has 144 valence electrons. The number of carbonyl (C=O) groups is 1. The third kappa shape index (κ3) is 7.27. The summed E-state index contributed by atoms with van der Waals surface area (Å²) in [4.78, 5) is 15.4. The molecule has 0 aliphatic carbocycles. The molecule has 2 aromatic rings. The van der Waals surface area contributed by atoms with Crippen molar-refractivity contribution in [3.8, 4) is 5.75 Å². The maximum Gasteiger partial charge on any atom is 0.411 e. The first kappa shape index (κ1) is 20.1. The number of anilines is 1. The van der Waals surface area contributed by atoms with Gasteiger partial charge >= 0.3 is 6.09 Å². The van der Waals surface area contributed by atoms with Gasteiger partial charge in [0.2, 0.25) is 0 Å². The van der Waals surface area contributed by atoms with Gasteiger partial charge in [0.05, 0.1) is 13.7 Å². The normalized spacial score (nSPS) is 10.9. The first-order chi connectivity index (χ1) is 13.1. The number of methoxy groups -OCH3 is 1. The van der Waals surface area contributed by atoms with Gasteiger partial charge in [-0.25, -0.2) is 4.79 Å². The van der Waals surface area contributed by atoms with Crippen LogP contribution in [0, 0.1) is 6.92 Å². The SMILES string of the molecule is CN=C(NCCOc1ccc(C)cc1)NCc1ccc(NC(=O)OC)cc1. The minimum absolute atomic E-state index is 0.488. The summed E-state index contributed by atoms with van der Waals surface area (Å²) in [7, 11) is 3.05. The number of benzene rings is 2. The highest BCUT2D eigenvalue weighted by molar-refractivity contribution is 5.84. The summed E-state index contributed by atoms with van der Waals surface area (Å²) >= 11 is 0. The fourth-order valence-electron chi connectivity index (χ4n) is 2.25. The second kappa shape index (κ2) is 10.7. The summed E-state index contributed by atoms with van der Waals surface area (Å²) in [6.07, 6.45) is -0.488. The van der Waals surface area contributed by atoms with Crippen molar-refractivity contribution in [2.45, 2.75) is 13.5 Å². The predicted octanol–water partition coefficient (Wildman–Crippen LogP) is 2.92. The number of aryl methyl sites for hydroxylation is 1. The molecule has 0 atom stereocenters. The molecule has 2 aromatic carbocycles. The van der Waals surface area contributed by atoms with E-state index in [9.17, 15) is 4.79 Å². The summed E-state index contributed by atoms with van der Waals surface area (Å²) in [5.74, 6) is 1.55. The number of hydrogen-bond acceptors (Lipinski definition) is 4. The van der Waals surface area contributed by atoms with E-state index in [1.54, 1.807) is 7.05 Å². The van der Waals surface area contributed by atoms with Crippen LogP contribution in [0.15, 0.2) is 53.5 Å². The molecule has 0 aliphatic rings. The maximum absolute atomic E-state index is 11.2. The van der Waals surface area contributed by atoms with Crippen LogP contribution in [0.5, 0.6) is 5.75 Å². The Bertz CT molecular complexity index is 743. The number of hydrogen-bond donors (Lipinski definition) is 3. The second-order valence-corrected chi connectivity index (χ2v) is 5.83. The number of ether oxygens (including phenoxy) is 2. The van der Waals surface area contributed by atoms with Crippen LogP contribution in [-0.4, -0.2) is 39.4 Å². The lowest BCUT2D eigenvalue weighted by Gasteiger charge is -2.13. The van der Waals surface area contributed by atoms with Crippen molar-refractivity contribution in [1.82, 2.24) is 10.6 Å². The van der Waals surface area contributed by atoms with E-state index in [1.165, 1.54) is 12.7 Å². The molecular weight excluding hydrogens is 344 g/mol. The van der Waals surface area contributed by atoms with Crippen LogP contribution in [0.3, 0.4) is 0 Å². The molecule has 0 heterocycles. The van der Waals surface area contributed by atoms with Gasteiger partial charge < -0.3 is 20.1 Å². The van der Waals surface area contributed by atoms with E-state index in [0.717, 1.165) is 11.3 Å². The average molecular weight is 370 g/mol. The van der Waals surface area contributed by atoms with Gasteiger partial charge in [-0.05, 0) is 36.8 Å². The van der Waals surface area contributed by atoms with E-state index in [-0.39, 0.29) is 0 Å². The molecule has 0 bridgehead atoms. The summed E-state index contributed by atoms with van der Waals surface area (Å²) < 4.78 is 10.2. The molecule has 0 unspecified atom stereocenters. The lowest BCUT2D eigenvalue weighted by Crippen LogP contribution is -2.38. The van der Waals surface area contributed by atoms with Gasteiger partial charge in [-0.3, -0.25) is 10.3 Å². The number of guanidine groups is 1. The Hall–Kier alpha value is -3.22. The number of amides is 1. The summed E-state index contributed by atoms with van der Waals surface area (Å²) in [5.41, 5.74) is 2.95. The van der Waals surface area contributed by atoms with Crippen molar-refractivity contribution >= 4 is 17.7 Å². The van der Waals surface area contributed by atoms with Crippen molar-refractivity contribution in [1.29, 1.82) is 0 Å². The highest BCUT2D eigenvalue weighted by Crippen LogP contribution is 2.11. The van der Waals surface area contributed by atoms with Gasteiger partial charge in [0, 0.05) is 19.3 Å². The van der Waals surface area contributed by atoms with E-state index >= 15 is 0 Å². The maximum atomic E-state index is 11.2. The summed E-state index contributed by atoms with van der Waals surface area (Å²) in [6.45, 7) is 3.83. The zero-order chi connectivity index (χ0) is 19.5. The van der Waals surface area contributed by atoms with Crippen molar-refractivity contribution in [3.63, 3.8) is 0 Å². The van der Waals surface area contributed by atoms with Crippen LogP contribution in [-0.2, 0) is 11.3 Å². The molecule has 0 radical (unpaired) electrons. The smallest absolute Gasteiger partial charge is 0.411 e. The second-order valence-electron chi connectivity index (χ2n) is 5.83. The quantitative estimate of drug-likeness (QED) is 0.396. The van der Waals surface area contributed by atoms with Crippen LogP contribution in [0.2, 0.25) is 0 Å². The van der Waals surface area contributed by atoms with Gasteiger partial charge in [0.25, 0.3) is 0 Å². The van der Waals surface area contributed by atoms with Gasteiger partial charge in [-0.15, -0.1) is 0 Å². The lowest BCUT2D eigenvalue weighted by molar-refractivity contribution is 0.187. The highest BCUT2D eigenvalue weighted by atomic mass is 16.5. The van der Waals surface area contributed by atoms with E-state index < -0.39 is 6.09 Å². The Kier molecular flexibility index (Phi) is 7.96. The molecule has 1 amide bonds. The van der Waals surface area contributed by atoms with E-state index in [2.05, 4.69) is 25.7 Å². The molecule has 2 rings (SSSR count). The first-order valence-corrected chi connectivity index (χ1v) is 8.68. The molecule has 7 heteroatoms. The number of aliphatic imine (C=N–C) groups is 1. The van der Waals surface area contributed by atoms with E-state index in [0.29, 0.717) is 31.3 Å². The number of nitrogens with zero attached hydrogens (tertiary/aromatic N) is 1. The number of rotatable bonds is 7. The number of nitrogens with one attached hydrogen (secondary N) is 3. The third-order valence-corrected chi connectivity index (χ3v) is 3.75. The molecule has 0 saturated heterocycles. The van der Waals surface area contributed by atoms with Gasteiger partial charge in [-0.2, -0.15) is 0 Å². The first-order valence-electron chi connectivity index (χ1n) is 8.68. The lowest BCUT2D eigenvalue weighted by atomic mass is 10.2. The van der Waals surface area contributed by atoms with Crippen molar-refractivity contribution in [2.75, 3.05) is 32.6 Å². The van der Waals surface area contributed by atoms with Crippen LogP contribution in [0.1, 0.15) is 11.1 Å². The largest absolute Gasteiger partial charge is 0.492 e. The summed E-state index contributed by atoms with van der Waals surface area (Å²) in [5, 5.41) is 9.06. The van der Waals surface area contributed by atoms with E-state index in [1.807, 2.05) is 55.5 Å². The van der Waals surface area contributed by atoms with Crippen molar-refractivity contribution in [3.05, 3.63) is 59.7 Å². The fourth-order valence-corrected chi connectivity index (χ4v) is 2.25. The molecule has 0 saturated carbocycles. The Labute approximate surface area is 159 Å². The minimum atomic E-state index is -0.488. The molecule has 3 N–H and O–H groups in total. The standard InChI is InChI=1S/C20H26N4O3/c1-15-4-10-18(11-5-15)27-13-12-22-19(21-2)23-14-16-6-8-17(9-7-16)24-20(25)26-3/h4-11H,12-14H2,1-3H3,(H,24,25)(H2,21,22,23). The zero-order valence-corrected chi connectivity index (χ0v) is 15.9. The Balaban J connectivity index is 1.70. The van der Waals surface area contributed by atoms with Crippen LogP contribution < -0.4 is 20.7 Å². The van der Waals surface area contributed by atoms with Gasteiger partial charge in [0.1, 0.15) is 12.4 Å². The Morgan fingerprint density at radius 1 is 1.04 bits per heavy atom. The van der Waals surface area contributed by atoms with Crippen LogP contribution in [0.4, 0.5) is 10.5 Å². The third-order valence-electron chi connectivity index (χ3n) is 3.75. The van der Waals surface area contributed by atoms with Crippen LogP contribution >= 0.6 is 0 Å². The highest BCUT2D eigenvalue weighted by Gasteiger charge is 2.02. The number of carbonyl (C=O) groups excluding carboxylic acids is 1. The molecule has 0 aromatic heterocycles. The van der Waals surface area contributed by atoms with Gasteiger partial charge in [-0.1, -0.05) is 29.8 Å². The molecule has 0 aliphatic heterocycles. The van der Waals surface area contributed by atoms with Crippen molar-refractivity contribution < 1.29 is 14.3 Å². The Morgan fingerprint density at radius 3 is 2.37 bits per heavy atom. The monoisotopic (exact) mass is 370 g/mol. The van der Waals surface area contributed by atoms with E-state index in [4.69, 9.17) is 4.74 Å². The summed E-state index contributed by atoms with van der Waals surface area (Å²) in [6, 6.07) is 15.4. The molecule has 0 fully saturated rings. The fraction of sp³-hybridized carbons (Fsp3) is 0.300. The molecule has 27 heavy (non-hydrogen) atoms. The molecular formula is C20H26N4O3. The van der Waals surface area contributed by atoms with Crippen molar-refractivity contribution in [2.24, 2.45) is 4.99 Å².